The fourth-order valence-corrected chi connectivity index (χ4v) is 3.30. The molecule has 5 heteroatoms. The van der Waals surface area contributed by atoms with Crippen molar-refractivity contribution in [3.05, 3.63) is 48.0 Å². The first-order valence-corrected chi connectivity index (χ1v) is 10.5. The van der Waals surface area contributed by atoms with Crippen LogP contribution in [0.3, 0.4) is 0 Å². The quantitative estimate of drug-likeness (QED) is 0.268. The summed E-state index contributed by atoms with van der Waals surface area (Å²) in [6.07, 6.45) is 9.06. The molecule has 1 aromatic carbocycles. The third kappa shape index (κ3) is 8.44. The molecule has 1 heterocycles. The van der Waals surface area contributed by atoms with E-state index in [4.69, 9.17) is 9.47 Å². The molecule has 0 radical (unpaired) electrons. The number of guanidine groups is 1. The average molecular weight is 388 g/mol. The second-order valence-corrected chi connectivity index (χ2v) is 7.40. The van der Waals surface area contributed by atoms with Crippen LogP contribution in [0.2, 0.25) is 0 Å². The van der Waals surface area contributed by atoms with E-state index in [0.717, 1.165) is 51.5 Å². The largest absolute Gasteiger partial charge is 0.381 e. The predicted molar refractivity (Wildman–Crippen MR) is 117 cm³/mol. The van der Waals surface area contributed by atoms with Gasteiger partial charge in [0.2, 0.25) is 0 Å². The summed E-state index contributed by atoms with van der Waals surface area (Å²) in [5, 5.41) is 3.46. The first-order chi connectivity index (χ1) is 13.7. The van der Waals surface area contributed by atoms with Gasteiger partial charge in [-0.15, -0.1) is 6.58 Å². The number of unbranched alkanes of at least 4 members (excludes halogenated alkanes) is 3. The van der Waals surface area contributed by atoms with E-state index in [1.54, 1.807) is 0 Å². The van der Waals surface area contributed by atoms with Crippen molar-refractivity contribution in [1.82, 2.24) is 10.2 Å². The van der Waals surface area contributed by atoms with E-state index >= 15 is 0 Å². The third-order valence-corrected chi connectivity index (χ3v) is 5.10. The maximum Gasteiger partial charge on any atom is 0.193 e. The van der Waals surface area contributed by atoms with Gasteiger partial charge in [-0.3, -0.25) is 4.99 Å². The Hall–Kier alpha value is -1.85. The lowest BCUT2D eigenvalue weighted by molar-refractivity contribution is -0.0390. The van der Waals surface area contributed by atoms with Crippen molar-refractivity contribution < 1.29 is 9.47 Å². The van der Waals surface area contributed by atoms with Crippen molar-refractivity contribution >= 4 is 5.96 Å². The molecule has 0 aromatic heterocycles. The van der Waals surface area contributed by atoms with Gasteiger partial charge in [-0.1, -0.05) is 36.8 Å². The molecule has 0 spiro atoms. The molecular weight excluding hydrogens is 350 g/mol. The van der Waals surface area contributed by atoms with E-state index in [-0.39, 0.29) is 0 Å². The minimum absolute atomic E-state index is 0.339. The van der Waals surface area contributed by atoms with E-state index in [1.165, 1.54) is 30.4 Å². The lowest BCUT2D eigenvalue weighted by Crippen LogP contribution is -2.39. The molecule has 1 saturated heterocycles. The van der Waals surface area contributed by atoms with Gasteiger partial charge in [0.1, 0.15) is 0 Å². The Morgan fingerprint density at radius 1 is 1.21 bits per heavy atom. The highest BCUT2D eigenvalue weighted by molar-refractivity contribution is 5.79. The molecule has 28 heavy (non-hydrogen) atoms. The summed E-state index contributed by atoms with van der Waals surface area (Å²) >= 11 is 0. The van der Waals surface area contributed by atoms with Gasteiger partial charge < -0.3 is 19.7 Å². The molecule has 0 saturated carbocycles. The molecule has 0 amide bonds. The third-order valence-electron chi connectivity index (χ3n) is 5.10. The van der Waals surface area contributed by atoms with Crippen LogP contribution in [-0.4, -0.2) is 50.8 Å². The number of benzene rings is 1. The van der Waals surface area contributed by atoms with Crippen LogP contribution in [0.5, 0.6) is 0 Å². The standard InChI is InChI=1S/C23H37N3O2/c1-4-5-6-7-8-15-26(3)23(24-2)25-18-20-9-11-21(12-10-20)19-28-22-13-16-27-17-14-22/h4,9-12,22H,1,5-8,13-19H2,2-3H3,(H,24,25). The number of nitrogens with zero attached hydrogens (tertiary/aromatic N) is 2. The lowest BCUT2D eigenvalue weighted by Gasteiger charge is -2.23. The normalized spacial score (nSPS) is 15.4. The van der Waals surface area contributed by atoms with Crippen molar-refractivity contribution in [3.63, 3.8) is 0 Å². The molecule has 2 rings (SSSR count). The molecule has 1 aromatic rings. The second-order valence-electron chi connectivity index (χ2n) is 7.40. The van der Waals surface area contributed by atoms with Crippen molar-refractivity contribution in [2.75, 3.05) is 33.9 Å². The van der Waals surface area contributed by atoms with Gasteiger partial charge in [0.25, 0.3) is 0 Å². The van der Waals surface area contributed by atoms with Crippen molar-refractivity contribution in [2.24, 2.45) is 4.99 Å². The van der Waals surface area contributed by atoms with Crippen LogP contribution >= 0.6 is 0 Å². The number of allylic oxidation sites excluding steroid dienone is 1. The fourth-order valence-electron chi connectivity index (χ4n) is 3.30. The van der Waals surface area contributed by atoms with Gasteiger partial charge in [0.15, 0.2) is 5.96 Å². The molecule has 156 valence electrons. The van der Waals surface area contributed by atoms with E-state index in [9.17, 15) is 0 Å². The summed E-state index contributed by atoms with van der Waals surface area (Å²) in [5.74, 6) is 0.940. The summed E-state index contributed by atoms with van der Waals surface area (Å²) < 4.78 is 11.4. The maximum atomic E-state index is 5.99. The SMILES string of the molecule is C=CCCCCCN(C)C(=NC)NCc1ccc(COC2CCOCC2)cc1. The van der Waals surface area contributed by atoms with Crippen LogP contribution in [0.1, 0.15) is 49.7 Å². The molecule has 0 aliphatic carbocycles. The molecule has 1 fully saturated rings. The van der Waals surface area contributed by atoms with Gasteiger partial charge in [-0.25, -0.2) is 0 Å². The molecule has 1 aliphatic rings. The van der Waals surface area contributed by atoms with E-state index in [1.807, 2.05) is 13.1 Å². The summed E-state index contributed by atoms with van der Waals surface area (Å²) in [6.45, 7) is 7.87. The van der Waals surface area contributed by atoms with Crippen molar-refractivity contribution in [3.8, 4) is 0 Å². The summed E-state index contributed by atoms with van der Waals surface area (Å²) in [5.41, 5.74) is 2.46. The Bertz CT molecular complexity index is 580. The lowest BCUT2D eigenvalue weighted by atomic mass is 10.1. The molecule has 1 aliphatic heterocycles. The molecule has 0 bridgehead atoms. The first-order valence-electron chi connectivity index (χ1n) is 10.5. The van der Waals surface area contributed by atoms with Crippen molar-refractivity contribution in [1.29, 1.82) is 0 Å². The summed E-state index contributed by atoms with van der Waals surface area (Å²) in [6, 6.07) is 8.64. The Kier molecular flexibility index (Phi) is 10.7. The molecular formula is C23H37N3O2. The van der Waals surface area contributed by atoms with Crippen molar-refractivity contribution in [2.45, 2.75) is 57.8 Å². The molecule has 5 nitrogen and oxygen atoms in total. The summed E-state index contributed by atoms with van der Waals surface area (Å²) in [4.78, 5) is 6.60. The zero-order valence-corrected chi connectivity index (χ0v) is 17.7. The highest BCUT2D eigenvalue weighted by atomic mass is 16.5. The monoisotopic (exact) mass is 387 g/mol. The van der Waals surface area contributed by atoms with Crippen LogP contribution in [0.4, 0.5) is 0 Å². The topological polar surface area (TPSA) is 46.1 Å². The zero-order chi connectivity index (χ0) is 20.0. The van der Waals surface area contributed by atoms with E-state index in [0.29, 0.717) is 12.7 Å². The number of nitrogens with one attached hydrogen (secondary N) is 1. The van der Waals surface area contributed by atoms with Crippen LogP contribution in [0.15, 0.2) is 41.9 Å². The second kappa shape index (κ2) is 13.3. The van der Waals surface area contributed by atoms with Crippen LogP contribution in [0.25, 0.3) is 0 Å². The number of hydrogen-bond donors (Lipinski definition) is 1. The van der Waals surface area contributed by atoms with Gasteiger partial charge in [-0.2, -0.15) is 0 Å². The van der Waals surface area contributed by atoms with Gasteiger partial charge in [0, 0.05) is 40.4 Å². The summed E-state index contributed by atoms with van der Waals surface area (Å²) in [7, 11) is 3.94. The van der Waals surface area contributed by atoms with E-state index < -0.39 is 0 Å². The Morgan fingerprint density at radius 2 is 1.93 bits per heavy atom. The van der Waals surface area contributed by atoms with Gasteiger partial charge >= 0.3 is 0 Å². The average Bonchev–Trinajstić information content (AvgIpc) is 2.74. The van der Waals surface area contributed by atoms with Crippen LogP contribution in [-0.2, 0) is 22.6 Å². The Balaban J connectivity index is 1.69. The smallest absolute Gasteiger partial charge is 0.193 e. The Labute approximate surface area is 170 Å². The number of rotatable bonds is 11. The maximum absolute atomic E-state index is 5.99. The van der Waals surface area contributed by atoms with E-state index in [2.05, 4.69) is 53.1 Å². The van der Waals surface area contributed by atoms with Crippen LogP contribution < -0.4 is 5.32 Å². The first kappa shape index (κ1) is 22.4. The van der Waals surface area contributed by atoms with Gasteiger partial charge in [0.05, 0.1) is 12.7 Å². The Morgan fingerprint density at radius 3 is 2.61 bits per heavy atom. The van der Waals surface area contributed by atoms with Gasteiger partial charge in [-0.05, 0) is 43.2 Å². The molecule has 1 N–H and O–H groups in total. The molecule has 0 atom stereocenters. The molecule has 0 unspecified atom stereocenters. The highest BCUT2D eigenvalue weighted by Gasteiger charge is 2.14. The van der Waals surface area contributed by atoms with Crippen LogP contribution in [0, 0.1) is 0 Å². The minimum Gasteiger partial charge on any atom is -0.381 e. The predicted octanol–water partition coefficient (Wildman–Crippen LogP) is 4.14. The minimum atomic E-state index is 0.339. The number of aliphatic imine (C=N–C) groups is 1. The number of hydrogen-bond acceptors (Lipinski definition) is 3. The fraction of sp³-hybridized carbons (Fsp3) is 0.609. The number of ether oxygens (including phenoxy) is 2. The highest BCUT2D eigenvalue weighted by Crippen LogP contribution is 2.14. The zero-order valence-electron chi connectivity index (χ0n) is 17.7.